The molecule has 156 valence electrons. The van der Waals surface area contributed by atoms with Crippen molar-refractivity contribution < 1.29 is 9.53 Å². The molecule has 5 rings (SSSR count). The Morgan fingerprint density at radius 2 is 1.59 bits per heavy atom. The maximum Gasteiger partial charge on any atom is 0.282 e. The fourth-order valence-corrected chi connectivity index (χ4v) is 3.93. The lowest BCUT2D eigenvalue weighted by molar-refractivity contribution is -0.113. The molecule has 4 aromatic carbocycles. The molecule has 1 amide bonds. The van der Waals surface area contributed by atoms with Gasteiger partial charge in [0.2, 0.25) is 0 Å². The molecule has 0 fully saturated rings. The van der Waals surface area contributed by atoms with Gasteiger partial charge in [-0.05, 0) is 70.9 Å². The lowest BCUT2D eigenvalue weighted by Crippen LogP contribution is -2.32. The number of methoxy groups -OCH3 is 1. The van der Waals surface area contributed by atoms with Gasteiger partial charge >= 0.3 is 0 Å². The lowest BCUT2D eigenvalue weighted by Gasteiger charge is -2.19. The molecule has 0 saturated carbocycles. The zero-order valence-corrected chi connectivity index (χ0v) is 18.1. The van der Waals surface area contributed by atoms with E-state index >= 15 is 0 Å². The third-order valence-electron chi connectivity index (χ3n) is 5.41. The van der Waals surface area contributed by atoms with Crippen molar-refractivity contribution >= 4 is 45.9 Å². The van der Waals surface area contributed by atoms with Crippen LogP contribution in [-0.2, 0) is 4.79 Å². The summed E-state index contributed by atoms with van der Waals surface area (Å²) >= 11 is 6.08. The monoisotopic (exact) mass is 438 g/mol. The zero-order valence-electron chi connectivity index (χ0n) is 17.3. The molecule has 32 heavy (non-hydrogen) atoms. The quantitative estimate of drug-likeness (QED) is 0.349. The summed E-state index contributed by atoms with van der Waals surface area (Å²) in [5.41, 5.74) is 2.84. The van der Waals surface area contributed by atoms with Crippen LogP contribution < -0.4 is 9.64 Å². The molecule has 1 aliphatic rings. The van der Waals surface area contributed by atoms with E-state index in [1.165, 1.54) is 0 Å². The first-order valence-corrected chi connectivity index (χ1v) is 10.5. The van der Waals surface area contributed by atoms with E-state index in [1.807, 2.05) is 72.8 Å². The Morgan fingerprint density at radius 3 is 2.34 bits per heavy atom. The second-order valence-corrected chi connectivity index (χ2v) is 7.82. The first kappa shape index (κ1) is 20.0. The Balaban J connectivity index is 1.64. The van der Waals surface area contributed by atoms with Crippen molar-refractivity contribution in [3.05, 3.63) is 113 Å². The summed E-state index contributed by atoms with van der Waals surface area (Å²) in [7, 11) is 1.61. The first-order valence-electron chi connectivity index (χ1n) is 10.2. The highest BCUT2D eigenvalue weighted by Gasteiger charge is 2.32. The van der Waals surface area contributed by atoms with Gasteiger partial charge < -0.3 is 4.74 Å². The Morgan fingerprint density at radius 1 is 0.875 bits per heavy atom. The van der Waals surface area contributed by atoms with Crippen LogP contribution in [0.25, 0.3) is 16.8 Å². The predicted octanol–water partition coefficient (Wildman–Crippen LogP) is 6.34. The van der Waals surface area contributed by atoms with Crippen molar-refractivity contribution in [3.8, 4) is 5.75 Å². The number of rotatable bonds is 4. The van der Waals surface area contributed by atoms with Crippen LogP contribution in [-0.4, -0.2) is 18.9 Å². The van der Waals surface area contributed by atoms with E-state index in [0.29, 0.717) is 22.2 Å². The molecular formula is C27H19ClN2O2. The van der Waals surface area contributed by atoms with Crippen LogP contribution in [0, 0.1) is 0 Å². The summed E-state index contributed by atoms with van der Waals surface area (Å²) < 4.78 is 5.26. The van der Waals surface area contributed by atoms with Crippen LogP contribution in [0.1, 0.15) is 11.1 Å². The van der Waals surface area contributed by atoms with Crippen LogP contribution in [0.3, 0.4) is 0 Å². The molecule has 0 unspecified atom stereocenters. The van der Waals surface area contributed by atoms with Crippen molar-refractivity contribution in [2.24, 2.45) is 4.99 Å². The number of amides is 1. The summed E-state index contributed by atoms with van der Waals surface area (Å²) in [6.07, 6.45) is 1.85. The second-order valence-electron chi connectivity index (χ2n) is 7.38. The maximum atomic E-state index is 13.5. The molecule has 0 atom stereocenters. The molecule has 4 aromatic rings. The number of hydrogen-bond acceptors (Lipinski definition) is 3. The molecule has 1 heterocycles. The van der Waals surface area contributed by atoms with Crippen LogP contribution >= 0.6 is 11.6 Å². The molecule has 1 aliphatic heterocycles. The van der Waals surface area contributed by atoms with Crippen molar-refractivity contribution in [1.29, 1.82) is 0 Å². The number of benzene rings is 4. The first-order chi connectivity index (χ1) is 15.6. The molecular weight excluding hydrogens is 420 g/mol. The number of aliphatic imine (C=N–C) groups is 1. The number of anilines is 1. The predicted molar refractivity (Wildman–Crippen MR) is 130 cm³/mol. The summed E-state index contributed by atoms with van der Waals surface area (Å²) in [6.45, 7) is 0. The van der Waals surface area contributed by atoms with E-state index in [9.17, 15) is 4.79 Å². The fraction of sp³-hybridized carbons (Fsp3) is 0.0370. The minimum atomic E-state index is -0.187. The van der Waals surface area contributed by atoms with Gasteiger partial charge in [0.15, 0.2) is 0 Å². The second kappa shape index (κ2) is 8.33. The number of fused-ring (bicyclic) bond motifs is 1. The fourth-order valence-electron chi connectivity index (χ4n) is 3.80. The molecule has 0 spiro atoms. The van der Waals surface area contributed by atoms with Gasteiger partial charge in [0.1, 0.15) is 17.3 Å². The highest BCUT2D eigenvalue weighted by molar-refractivity contribution is 6.34. The van der Waals surface area contributed by atoms with E-state index in [0.717, 1.165) is 27.6 Å². The number of carbonyl (C=O) groups is 1. The molecule has 0 saturated heterocycles. The Labute approximate surface area is 191 Å². The minimum absolute atomic E-state index is 0.187. The van der Waals surface area contributed by atoms with Gasteiger partial charge in [-0.1, -0.05) is 54.1 Å². The normalized spacial score (nSPS) is 14.8. The summed E-state index contributed by atoms with van der Waals surface area (Å²) in [5.74, 6) is 1.09. The topological polar surface area (TPSA) is 41.9 Å². The third kappa shape index (κ3) is 3.66. The van der Waals surface area contributed by atoms with Crippen LogP contribution in [0.5, 0.6) is 5.75 Å². The SMILES string of the molecule is COc1ccc(N2C(=O)/C(=C\c3cccc4ccccc34)N=C2c2ccc(Cl)cc2)cc1. The van der Waals surface area contributed by atoms with Crippen molar-refractivity contribution in [3.63, 3.8) is 0 Å². The van der Waals surface area contributed by atoms with Gasteiger partial charge in [-0.15, -0.1) is 0 Å². The Kier molecular flexibility index (Phi) is 5.21. The smallest absolute Gasteiger partial charge is 0.282 e. The maximum absolute atomic E-state index is 13.5. The number of ether oxygens (including phenoxy) is 1. The Bertz CT molecular complexity index is 1370. The average Bonchev–Trinajstić information content (AvgIpc) is 3.15. The van der Waals surface area contributed by atoms with Crippen molar-refractivity contribution in [2.75, 3.05) is 12.0 Å². The van der Waals surface area contributed by atoms with Crippen molar-refractivity contribution in [1.82, 2.24) is 0 Å². The van der Waals surface area contributed by atoms with Gasteiger partial charge in [-0.25, -0.2) is 4.99 Å². The van der Waals surface area contributed by atoms with Gasteiger partial charge in [0.05, 0.1) is 12.8 Å². The highest BCUT2D eigenvalue weighted by atomic mass is 35.5. The zero-order chi connectivity index (χ0) is 22.1. The van der Waals surface area contributed by atoms with Gasteiger partial charge in [-0.3, -0.25) is 9.69 Å². The van der Waals surface area contributed by atoms with E-state index in [1.54, 1.807) is 24.1 Å². The van der Waals surface area contributed by atoms with E-state index in [-0.39, 0.29) is 5.91 Å². The average molecular weight is 439 g/mol. The summed E-state index contributed by atoms with van der Waals surface area (Å²) in [4.78, 5) is 19.9. The highest BCUT2D eigenvalue weighted by Crippen LogP contribution is 2.30. The van der Waals surface area contributed by atoms with Crippen LogP contribution in [0.15, 0.2) is 102 Å². The summed E-state index contributed by atoms with van der Waals surface area (Å²) in [5, 5.41) is 2.81. The summed E-state index contributed by atoms with van der Waals surface area (Å²) in [6, 6.07) is 28.8. The molecule has 5 heteroatoms. The molecule has 0 aromatic heterocycles. The lowest BCUT2D eigenvalue weighted by atomic mass is 10.0. The van der Waals surface area contributed by atoms with E-state index in [4.69, 9.17) is 21.3 Å². The number of halogens is 1. The van der Waals surface area contributed by atoms with Gasteiger partial charge in [-0.2, -0.15) is 0 Å². The van der Waals surface area contributed by atoms with Crippen molar-refractivity contribution in [2.45, 2.75) is 0 Å². The third-order valence-corrected chi connectivity index (χ3v) is 5.66. The number of amidine groups is 1. The largest absolute Gasteiger partial charge is 0.497 e. The van der Waals surface area contributed by atoms with Gasteiger partial charge in [0, 0.05) is 10.6 Å². The van der Waals surface area contributed by atoms with E-state index in [2.05, 4.69) is 12.1 Å². The number of carbonyl (C=O) groups excluding carboxylic acids is 1. The van der Waals surface area contributed by atoms with Gasteiger partial charge in [0.25, 0.3) is 5.91 Å². The standard InChI is InChI=1S/C27H19ClN2O2/c1-32-23-15-13-22(14-16-23)30-26(19-9-11-21(28)12-10-19)29-25(27(30)31)17-20-7-4-6-18-5-2-3-8-24(18)20/h2-17H,1H3/b25-17+. The molecule has 0 bridgehead atoms. The number of nitrogens with zero attached hydrogens (tertiary/aromatic N) is 2. The van der Waals surface area contributed by atoms with E-state index < -0.39 is 0 Å². The molecule has 0 N–H and O–H groups in total. The van der Waals surface area contributed by atoms with Crippen LogP contribution in [0.4, 0.5) is 5.69 Å². The Hall–Kier alpha value is -3.89. The molecule has 4 nitrogen and oxygen atoms in total. The number of hydrogen-bond donors (Lipinski definition) is 0. The minimum Gasteiger partial charge on any atom is -0.497 e. The van der Waals surface area contributed by atoms with Crippen LogP contribution in [0.2, 0.25) is 5.02 Å². The molecule has 0 aliphatic carbocycles. The molecule has 0 radical (unpaired) electrons.